The van der Waals surface area contributed by atoms with Gasteiger partial charge in [0.05, 0.1) is 18.2 Å². The maximum atomic E-state index is 12.5. The molecule has 24 heavy (non-hydrogen) atoms. The number of benzene rings is 2. The zero-order valence-corrected chi connectivity index (χ0v) is 13.7. The number of carbonyl (C=O) groups is 1. The number of nitrogens with one attached hydrogen (secondary N) is 1. The van der Waals surface area contributed by atoms with Gasteiger partial charge in [0.1, 0.15) is 11.3 Å². The molecule has 1 aromatic heterocycles. The number of ether oxygens (including phenoxy) is 1. The quantitative estimate of drug-likeness (QED) is 0.798. The van der Waals surface area contributed by atoms with Gasteiger partial charge in [0, 0.05) is 6.07 Å². The molecule has 0 spiro atoms. The molecule has 0 bridgehead atoms. The summed E-state index contributed by atoms with van der Waals surface area (Å²) < 4.78 is 10.9. The molecule has 1 N–H and O–H groups in total. The Kier molecular flexibility index (Phi) is 4.08. The van der Waals surface area contributed by atoms with Crippen LogP contribution in [0.5, 0.6) is 5.75 Å². The van der Waals surface area contributed by atoms with Crippen molar-refractivity contribution in [2.75, 3.05) is 12.4 Å². The van der Waals surface area contributed by atoms with E-state index in [9.17, 15) is 9.59 Å². The molecular weight excluding hydrogens is 306 g/mol. The van der Waals surface area contributed by atoms with E-state index in [0.29, 0.717) is 22.4 Å². The third-order valence-electron chi connectivity index (χ3n) is 3.74. The molecular formula is C19H17NO4. The second-order valence-electron chi connectivity index (χ2n) is 5.59. The van der Waals surface area contributed by atoms with Crippen LogP contribution in [0.1, 0.15) is 21.7 Å². The first kappa shape index (κ1) is 15.8. The fourth-order valence-corrected chi connectivity index (χ4v) is 2.65. The Labute approximate surface area is 138 Å². The number of hydrogen-bond acceptors (Lipinski definition) is 4. The Morgan fingerprint density at radius 3 is 2.62 bits per heavy atom. The van der Waals surface area contributed by atoms with Gasteiger partial charge < -0.3 is 14.5 Å². The normalized spacial score (nSPS) is 10.6. The molecule has 0 atom stereocenters. The highest BCUT2D eigenvalue weighted by Crippen LogP contribution is 2.24. The number of methoxy groups -OCH3 is 1. The first-order valence-corrected chi connectivity index (χ1v) is 7.49. The van der Waals surface area contributed by atoms with Crippen LogP contribution in [0.2, 0.25) is 0 Å². The molecule has 1 amide bonds. The lowest BCUT2D eigenvalue weighted by molar-refractivity contribution is 0.0997. The molecule has 2 aromatic carbocycles. The van der Waals surface area contributed by atoms with Gasteiger partial charge in [-0.05, 0) is 43.2 Å². The maximum absolute atomic E-state index is 12.5. The summed E-state index contributed by atoms with van der Waals surface area (Å²) in [5.74, 6) is -0.00961. The van der Waals surface area contributed by atoms with Crippen molar-refractivity contribution >= 4 is 22.6 Å². The number of carbonyl (C=O) groups excluding carboxylic acids is 1. The summed E-state index contributed by atoms with van der Waals surface area (Å²) in [5, 5.41) is 3.18. The van der Waals surface area contributed by atoms with Gasteiger partial charge in [0.25, 0.3) is 5.91 Å². The zero-order chi connectivity index (χ0) is 17.3. The summed E-state index contributed by atoms with van der Waals surface area (Å²) in [6.07, 6.45) is 0. The van der Waals surface area contributed by atoms with Crippen LogP contribution in [0.15, 0.2) is 51.7 Å². The zero-order valence-electron chi connectivity index (χ0n) is 13.7. The van der Waals surface area contributed by atoms with Crippen LogP contribution < -0.4 is 15.5 Å². The summed E-state index contributed by atoms with van der Waals surface area (Å²) in [7, 11) is 1.52. The van der Waals surface area contributed by atoms with Gasteiger partial charge in [-0.3, -0.25) is 9.59 Å². The van der Waals surface area contributed by atoms with Crippen LogP contribution in [-0.2, 0) is 0 Å². The Hall–Kier alpha value is -3.08. The Morgan fingerprint density at radius 1 is 1.12 bits per heavy atom. The number of anilines is 1. The van der Waals surface area contributed by atoms with Crippen molar-refractivity contribution in [1.82, 2.24) is 0 Å². The van der Waals surface area contributed by atoms with Crippen LogP contribution in [0.4, 0.5) is 5.69 Å². The summed E-state index contributed by atoms with van der Waals surface area (Å²) in [6, 6.07) is 11.9. The standard InChI is InChI=1S/C19H17NO4/c1-11-8-12(2)18-13(9-11)15(21)10-17(24-18)19(22)20-14-6-4-5-7-16(14)23-3/h4-10H,1-3H3,(H,20,22). The highest BCUT2D eigenvalue weighted by atomic mass is 16.5. The van der Waals surface area contributed by atoms with Crippen LogP contribution in [0.3, 0.4) is 0 Å². The summed E-state index contributed by atoms with van der Waals surface area (Å²) in [5.41, 5.74) is 2.48. The smallest absolute Gasteiger partial charge is 0.291 e. The van der Waals surface area contributed by atoms with E-state index in [1.54, 1.807) is 30.3 Å². The highest BCUT2D eigenvalue weighted by Gasteiger charge is 2.15. The minimum Gasteiger partial charge on any atom is -0.495 e. The molecule has 0 saturated heterocycles. The lowest BCUT2D eigenvalue weighted by atomic mass is 10.1. The Balaban J connectivity index is 2.03. The topological polar surface area (TPSA) is 68.5 Å². The number of fused-ring (bicyclic) bond motifs is 1. The molecule has 3 rings (SSSR count). The minimum atomic E-state index is -0.501. The second-order valence-corrected chi connectivity index (χ2v) is 5.59. The monoisotopic (exact) mass is 323 g/mol. The van der Waals surface area contributed by atoms with Crippen molar-refractivity contribution < 1.29 is 13.9 Å². The molecule has 122 valence electrons. The molecule has 0 saturated carbocycles. The average molecular weight is 323 g/mol. The first-order chi connectivity index (χ1) is 11.5. The number of rotatable bonds is 3. The van der Waals surface area contributed by atoms with Crippen LogP contribution in [0, 0.1) is 13.8 Å². The lowest BCUT2D eigenvalue weighted by Gasteiger charge is -2.10. The number of hydrogen-bond donors (Lipinski definition) is 1. The van der Waals surface area contributed by atoms with E-state index in [1.165, 1.54) is 13.2 Å². The largest absolute Gasteiger partial charge is 0.495 e. The van der Waals surface area contributed by atoms with Crippen molar-refractivity contribution in [3.8, 4) is 5.75 Å². The van der Waals surface area contributed by atoms with Gasteiger partial charge in [-0.1, -0.05) is 18.2 Å². The van der Waals surface area contributed by atoms with E-state index in [1.807, 2.05) is 19.9 Å². The van der Waals surface area contributed by atoms with Gasteiger partial charge in [-0.2, -0.15) is 0 Å². The molecule has 0 aliphatic rings. The van der Waals surface area contributed by atoms with E-state index >= 15 is 0 Å². The van der Waals surface area contributed by atoms with Gasteiger partial charge in [-0.25, -0.2) is 0 Å². The second kappa shape index (κ2) is 6.20. The predicted molar refractivity (Wildman–Crippen MR) is 92.9 cm³/mol. The van der Waals surface area contributed by atoms with Crippen molar-refractivity contribution in [3.63, 3.8) is 0 Å². The third-order valence-corrected chi connectivity index (χ3v) is 3.74. The molecule has 0 aliphatic heterocycles. The van der Waals surface area contributed by atoms with Crippen molar-refractivity contribution in [3.05, 3.63) is 69.6 Å². The van der Waals surface area contributed by atoms with Crippen LogP contribution in [0.25, 0.3) is 11.0 Å². The van der Waals surface area contributed by atoms with E-state index in [4.69, 9.17) is 9.15 Å². The molecule has 0 radical (unpaired) electrons. The molecule has 0 fully saturated rings. The summed E-state index contributed by atoms with van der Waals surface area (Å²) in [4.78, 5) is 24.8. The van der Waals surface area contributed by atoms with E-state index in [-0.39, 0.29) is 11.2 Å². The first-order valence-electron chi connectivity index (χ1n) is 7.49. The van der Waals surface area contributed by atoms with Gasteiger partial charge in [-0.15, -0.1) is 0 Å². The third kappa shape index (κ3) is 2.88. The average Bonchev–Trinajstić information content (AvgIpc) is 2.56. The SMILES string of the molecule is COc1ccccc1NC(=O)c1cc(=O)c2cc(C)cc(C)c2o1. The minimum absolute atomic E-state index is 0.0367. The molecule has 0 unspecified atom stereocenters. The molecule has 5 heteroatoms. The van der Waals surface area contributed by atoms with E-state index in [0.717, 1.165) is 11.1 Å². The highest BCUT2D eigenvalue weighted by molar-refractivity contribution is 6.03. The maximum Gasteiger partial charge on any atom is 0.291 e. The van der Waals surface area contributed by atoms with E-state index in [2.05, 4.69) is 5.32 Å². The summed E-state index contributed by atoms with van der Waals surface area (Å²) >= 11 is 0. The Morgan fingerprint density at radius 2 is 1.88 bits per heavy atom. The van der Waals surface area contributed by atoms with Crippen molar-refractivity contribution in [1.29, 1.82) is 0 Å². The fourth-order valence-electron chi connectivity index (χ4n) is 2.65. The van der Waals surface area contributed by atoms with Crippen molar-refractivity contribution in [2.24, 2.45) is 0 Å². The summed E-state index contributed by atoms with van der Waals surface area (Å²) in [6.45, 7) is 3.76. The fraction of sp³-hybridized carbons (Fsp3) is 0.158. The Bertz CT molecular complexity index is 988. The van der Waals surface area contributed by atoms with Crippen LogP contribution >= 0.6 is 0 Å². The molecule has 0 aliphatic carbocycles. The lowest BCUT2D eigenvalue weighted by Crippen LogP contribution is -2.15. The molecule has 1 heterocycles. The van der Waals surface area contributed by atoms with Crippen LogP contribution in [-0.4, -0.2) is 13.0 Å². The van der Waals surface area contributed by atoms with Crippen molar-refractivity contribution in [2.45, 2.75) is 13.8 Å². The van der Waals surface area contributed by atoms with E-state index < -0.39 is 5.91 Å². The number of aryl methyl sites for hydroxylation is 2. The molecule has 5 nitrogen and oxygen atoms in total. The number of para-hydroxylation sites is 2. The van der Waals surface area contributed by atoms with Gasteiger partial charge in [0.15, 0.2) is 11.2 Å². The predicted octanol–water partition coefficient (Wildman–Crippen LogP) is 3.67. The molecule has 3 aromatic rings. The van der Waals surface area contributed by atoms with Gasteiger partial charge in [0.2, 0.25) is 0 Å². The van der Waals surface area contributed by atoms with Gasteiger partial charge >= 0.3 is 0 Å². The number of amides is 1.